The van der Waals surface area contributed by atoms with Gasteiger partial charge < -0.3 is 19.8 Å². The first kappa shape index (κ1) is 20.7. The van der Waals surface area contributed by atoms with Gasteiger partial charge in [0.15, 0.2) is 0 Å². The number of aryl methyl sites for hydroxylation is 1. The van der Waals surface area contributed by atoms with Crippen LogP contribution in [0.5, 0.6) is 5.75 Å². The zero-order valence-electron chi connectivity index (χ0n) is 15.0. The first-order valence-electron chi connectivity index (χ1n) is 9.04. The van der Waals surface area contributed by atoms with E-state index in [1.54, 1.807) is 0 Å². The van der Waals surface area contributed by atoms with Gasteiger partial charge in [0.2, 0.25) is 0 Å². The van der Waals surface area contributed by atoms with Crippen LogP contribution in [0, 0.1) is 0 Å². The fourth-order valence-electron chi connectivity index (χ4n) is 2.61. The Morgan fingerprint density at radius 3 is 2.31 bits per heavy atom. The van der Waals surface area contributed by atoms with Crippen LogP contribution in [0.25, 0.3) is 0 Å². The number of ether oxygens (including phenoxy) is 1. The lowest BCUT2D eigenvalue weighted by molar-refractivity contribution is 0.307. The number of hydrogen-bond donors (Lipinski definition) is 3. The van der Waals surface area contributed by atoms with E-state index in [-0.39, 0.29) is 6.16 Å². The molecule has 5 nitrogen and oxygen atoms in total. The first-order chi connectivity index (χ1) is 12.5. The summed E-state index contributed by atoms with van der Waals surface area (Å²) in [5, 5.41) is 3.19. The SMILES string of the molecule is O=P(O)(O)CCCNCc1ccc(OCCCCc2ccccc2)cc1. The molecule has 0 aliphatic heterocycles. The van der Waals surface area contributed by atoms with Gasteiger partial charge in [0.05, 0.1) is 12.8 Å². The Balaban J connectivity index is 1.56. The fraction of sp³-hybridized carbons (Fsp3) is 0.400. The maximum absolute atomic E-state index is 10.8. The van der Waals surface area contributed by atoms with Gasteiger partial charge in [0, 0.05) is 6.54 Å². The third-order valence-corrected chi connectivity index (χ3v) is 4.93. The van der Waals surface area contributed by atoms with Crippen molar-refractivity contribution in [3.8, 4) is 5.75 Å². The second-order valence-corrected chi connectivity index (χ2v) is 8.13. The molecule has 0 heterocycles. The van der Waals surface area contributed by atoms with Gasteiger partial charge in [-0.15, -0.1) is 0 Å². The molecule has 6 heteroatoms. The van der Waals surface area contributed by atoms with Crippen molar-refractivity contribution in [3.05, 3.63) is 65.7 Å². The van der Waals surface area contributed by atoms with E-state index in [9.17, 15) is 4.57 Å². The van der Waals surface area contributed by atoms with Crippen molar-refractivity contribution in [2.45, 2.75) is 32.2 Å². The molecule has 0 radical (unpaired) electrons. The molecule has 0 aliphatic carbocycles. The van der Waals surface area contributed by atoms with E-state index in [2.05, 4.69) is 29.6 Å². The van der Waals surface area contributed by atoms with Gasteiger partial charge >= 0.3 is 7.60 Å². The lowest BCUT2D eigenvalue weighted by Crippen LogP contribution is -2.15. The van der Waals surface area contributed by atoms with Crippen molar-refractivity contribution in [3.63, 3.8) is 0 Å². The van der Waals surface area contributed by atoms with Crippen LogP contribution >= 0.6 is 7.60 Å². The van der Waals surface area contributed by atoms with Crippen LogP contribution in [0.1, 0.15) is 30.4 Å². The average molecular weight is 377 g/mol. The predicted octanol–water partition coefficient (Wildman–Crippen LogP) is 3.75. The molecule has 0 fully saturated rings. The molecule has 2 aromatic rings. The Bertz CT molecular complexity index is 670. The summed E-state index contributed by atoms with van der Waals surface area (Å²) >= 11 is 0. The van der Waals surface area contributed by atoms with Crippen LogP contribution in [0.4, 0.5) is 0 Å². The van der Waals surface area contributed by atoms with Crippen LogP contribution in [0.2, 0.25) is 0 Å². The topological polar surface area (TPSA) is 78.8 Å². The molecule has 0 atom stereocenters. The minimum atomic E-state index is -3.87. The van der Waals surface area contributed by atoms with Gasteiger partial charge in [0.25, 0.3) is 0 Å². The Morgan fingerprint density at radius 2 is 1.62 bits per heavy atom. The van der Waals surface area contributed by atoms with Crippen molar-refractivity contribution in [2.75, 3.05) is 19.3 Å². The standard InChI is InChI=1S/C20H28NO4P/c22-26(23,24)16-6-14-21-17-19-10-12-20(13-11-19)25-15-5-4-9-18-7-2-1-3-8-18/h1-3,7-8,10-13,21H,4-6,9,14-17H2,(H2,22,23,24). The Hall–Kier alpha value is -1.65. The van der Waals surface area contributed by atoms with Crippen LogP contribution in [-0.4, -0.2) is 29.1 Å². The van der Waals surface area contributed by atoms with Gasteiger partial charge in [0.1, 0.15) is 5.75 Å². The van der Waals surface area contributed by atoms with E-state index in [0.29, 0.717) is 26.1 Å². The largest absolute Gasteiger partial charge is 0.494 e. The van der Waals surface area contributed by atoms with Crippen molar-refractivity contribution < 1.29 is 19.1 Å². The monoisotopic (exact) mass is 377 g/mol. The maximum atomic E-state index is 10.8. The fourth-order valence-corrected chi connectivity index (χ4v) is 3.18. The Labute approximate surface area is 155 Å². The molecule has 3 N–H and O–H groups in total. The highest BCUT2D eigenvalue weighted by atomic mass is 31.2. The van der Waals surface area contributed by atoms with Crippen LogP contribution in [-0.2, 0) is 17.5 Å². The molecule has 0 aromatic heterocycles. The smallest absolute Gasteiger partial charge is 0.325 e. The molecule has 0 spiro atoms. The summed E-state index contributed by atoms with van der Waals surface area (Å²) in [6.45, 7) is 1.98. The third-order valence-electron chi connectivity index (χ3n) is 4.03. The molecule has 2 rings (SSSR count). The van der Waals surface area contributed by atoms with E-state index in [1.807, 2.05) is 30.3 Å². The predicted molar refractivity (Wildman–Crippen MR) is 105 cm³/mol. The van der Waals surface area contributed by atoms with Crippen LogP contribution < -0.4 is 10.1 Å². The minimum Gasteiger partial charge on any atom is -0.494 e. The Morgan fingerprint density at radius 1 is 0.885 bits per heavy atom. The minimum absolute atomic E-state index is 0.0724. The van der Waals surface area contributed by atoms with E-state index in [0.717, 1.165) is 30.6 Å². The Kier molecular flexibility index (Phi) is 8.86. The zero-order chi connectivity index (χ0) is 18.7. The highest BCUT2D eigenvalue weighted by molar-refractivity contribution is 7.51. The summed E-state index contributed by atoms with van der Waals surface area (Å²) in [7, 11) is -3.87. The lowest BCUT2D eigenvalue weighted by atomic mass is 10.1. The maximum Gasteiger partial charge on any atom is 0.325 e. The molecular weight excluding hydrogens is 349 g/mol. The molecule has 0 bridgehead atoms. The van der Waals surface area contributed by atoms with E-state index < -0.39 is 7.60 Å². The van der Waals surface area contributed by atoms with Gasteiger partial charge in [-0.05, 0) is 55.5 Å². The van der Waals surface area contributed by atoms with Crippen LogP contribution in [0.3, 0.4) is 0 Å². The number of unbranched alkanes of at least 4 members (excludes halogenated alkanes) is 1. The number of hydrogen-bond acceptors (Lipinski definition) is 3. The van der Waals surface area contributed by atoms with Crippen molar-refractivity contribution in [1.82, 2.24) is 5.32 Å². The summed E-state index contributed by atoms with van der Waals surface area (Å²) in [4.78, 5) is 17.6. The average Bonchev–Trinajstić information content (AvgIpc) is 2.62. The summed E-state index contributed by atoms with van der Waals surface area (Å²) in [5.41, 5.74) is 2.49. The van der Waals surface area contributed by atoms with E-state index >= 15 is 0 Å². The van der Waals surface area contributed by atoms with Gasteiger partial charge in [-0.2, -0.15) is 0 Å². The van der Waals surface area contributed by atoms with E-state index in [1.165, 1.54) is 5.56 Å². The second kappa shape index (κ2) is 11.1. The highest BCUT2D eigenvalue weighted by Crippen LogP contribution is 2.34. The second-order valence-electron chi connectivity index (χ2n) is 6.35. The quantitative estimate of drug-likeness (QED) is 0.388. The van der Waals surface area contributed by atoms with Gasteiger partial charge in [-0.1, -0.05) is 42.5 Å². The molecule has 26 heavy (non-hydrogen) atoms. The molecule has 0 aliphatic rings. The zero-order valence-corrected chi connectivity index (χ0v) is 15.9. The molecule has 0 unspecified atom stereocenters. The highest BCUT2D eigenvalue weighted by Gasteiger charge is 2.10. The molecule has 0 saturated carbocycles. The van der Waals surface area contributed by atoms with Crippen molar-refractivity contribution in [1.29, 1.82) is 0 Å². The van der Waals surface area contributed by atoms with Crippen molar-refractivity contribution >= 4 is 7.60 Å². The number of benzene rings is 2. The lowest BCUT2D eigenvalue weighted by Gasteiger charge is -2.09. The van der Waals surface area contributed by atoms with Gasteiger partial charge in [-0.3, -0.25) is 4.57 Å². The molecule has 142 valence electrons. The molecule has 2 aromatic carbocycles. The summed E-state index contributed by atoms with van der Waals surface area (Å²) in [6.07, 6.45) is 3.61. The summed E-state index contributed by atoms with van der Waals surface area (Å²) in [5.74, 6) is 0.870. The third kappa shape index (κ3) is 9.16. The van der Waals surface area contributed by atoms with E-state index in [4.69, 9.17) is 14.5 Å². The summed E-state index contributed by atoms with van der Waals surface area (Å²) in [6, 6.07) is 18.4. The van der Waals surface area contributed by atoms with Gasteiger partial charge in [-0.25, -0.2) is 0 Å². The molecular formula is C20H28NO4P. The summed E-state index contributed by atoms with van der Waals surface area (Å²) < 4.78 is 16.5. The normalized spacial score (nSPS) is 11.5. The molecule has 0 amide bonds. The number of rotatable bonds is 12. The van der Waals surface area contributed by atoms with Crippen LogP contribution in [0.15, 0.2) is 54.6 Å². The van der Waals surface area contributed by atoms with Crippen molar-refractivity contribution in [2.24, 2.45) is 0 Å². The molecule has 0 saturated heterocycles. The number of nitrogens with one attached hydrogen (secondary N) is 1. The first-order valence-corrected chi connectivity index (χ1v) is 10.8.